The van der Waals surface area contributed by atoms with Crippen LogP contribution in [0.25, 0.3) is 0 Å². The van der Waals surface area contributed by atoms with Gasteiger partial charge in [0.25, 0.3) is 0 Å². The summed E-state index contributed by atoms with van der Waals surface area (Å²) < 4.78 is 42.5. The van der Waals surface area contributed by atoms with Crippen molar-refractivity contribution in [1.82, 2.24) is 0 Å². The Morgan fingerprint density at radius 1 is 1.16 bits per heavy atom. The SMILES string of the molecule is CCC(=O)O[C@]1(C(=O)Oc2ccccc2)[C@@H](C)C[C@H]2[C@@H]3C[C@H](F)C4=C(F)C(=O)C=C[C@]4(C)[C@H]3[C@@H](O)C[C@@]21C. The maximum Gasteiger partial charge on any atom is 0.356 e. The lowest BCUT2D eigenvalue weighted by molar-refractivity contribution is -0.214. The normalized spacial score (nSPS) is 41.7. The number of rotatable bonds is 4. The summed E-state index contributed by atoms with van der Waals surface area (Å²) in [6.07, 6.45) is 0.286. The van der Waals surface area contributed by atoms with Gasteiger partial charge in [0.05, 0.1) is 6.10 Å². The number of benzene rings is 1. The molecular weight excluding hydrogens is 494 g/mol. The first-order valence-electron chi connectivity index (χ1n) is 13.4. The van der Waals surface area contributed by atoms with Gasteiger partial charge in [0.1, 0.15) is 11.9 Å². The second-order valence-electron chi connectivity index (χ2n) is 11.8. The third kappa shape index (κ3) is 3.55. The number of ketones is 1. The van der Waals surface area contributed by atoms with Crippen molar-refractivity contribution < 1.29 is 37.7 Å². The molecule has 0 radical (unpaired) electrons. The Bertz CT molecular complexity index is 1230. The molecule has 3 fully saturated rings. The van der Waals surface area contributed by atoms with Gasteiger partial charge >= 0.3 is 11.9 Å². The van der Waals surface area contributed by atoms with Crippen LogP contribution in [0, 0.1) is 34.5 Å². The second-order valence-corrected chi connectivity index (χ2v) is 11.8. The van der Waals surface area contributed by atoms with E-state index in [2.05, 4.69) is 0 Å². The molecule has 0 spiro atoms. The summed E-state index contributed by atoms with van der Waals surface area (Å²) in [4.78, 5) is 38.8. The maximum absolute atomic E-state index is 15.7. The summed E-state index contributed by atoms with van der Waals surface area (Å²) in [6.45, 7) is 6.95. The van der Waals surface area contributed by atoms with Crippen LogP contribution in [0.5, 0.6) is 5.75 Å². The van der Waals surface area contributed by atoms with Crippen molar-refractivity contribution in [3.8, 4) is 5.75 Å². The molecule has 6 nitrogen and oxygen atoms in total. The monoisotopic (exact) mass is 528 g/mol. The largest absolute Gasteiger partial charge is 0.446 e. The molecule has 0 heterocycles. The van der Waals surface area contributed by atoms with Gasteiger partial charge in [-0.2, -0.15) is 0 Å². The highest BCUT2D eigenvalue weighted by atomic mass is 19.1. The average Bonchev–Trinajstić information content (AvgIpc) is 3.08. The Hall–Kier alpha value is -2.87. The molecule has 38 heavy (non-hydrogen) atoms. The van der Waals surface area contributed by atoms with Crippen LogP contribution in [0.4, 0.5) is 8.78 Å². The lowest BCUT2D eigenvalue weighted by Gasteiger charge is -2.60. The summed E-state index contributed by atoms with van der Waals surface area (Å²) in [5.41, 5.74) is -4.18. The molecule has 204 valence electrons. The molecule has 4 aliphatic carbocycles. The summed E-state index contributed by atoms with van der Waals surface area (Å²) in [7, 11) is 0. The van der Waals surface area contributed by atoms with Crippen LogP contribution >= 0.6 is 0 Å². The molecule has 3 saturated carbocycles. The molecular formula is C30H34F2O6. The van der Waals surface area contributed by atoms with Gasteiger partial charge in [-0.05, 0) is 49.3 Å². The molecule has 1 aromatic rings. The molecule has 1 aromatic carbocycles. The Kier molecular flexibility index (Phi) is 6.41. The van der Waals surface area contributed by atoms with Gasteiger partial charge in [-0.25, -0.2) is 13.6 Å². The van der Waals surface area contributed by atoms with Crippen molar-refractivity contribution in [3.05, 3.63) is 53.9 Å². The minimum atomic E-state index is -1.72. The molecule has 9 atom stereocenters. The molecule has 0 unspecified atom stereocenters. The van der Waals surface area contributed by atoms with Crippen molar-refractivity contribution in [3.63, 3.8) is 0 Å². The third-order valence-electron chi connectivity index (χ3n) is 9.91. The van der Waals surface area contributed by atoms with Crippen LogP contribution in [0.1, 0.15) is 53.4 Å². The zero-order valence-electron chi connectivity index (χ0n) is 22.1. The number of allylic oxidation sites excluding steroid dienone is 4. The Labute approximate surface area is 221 Å². The van der Waals surface area contributed by atoms with E-state index in [-0.39, 0.29) is 30.8 Å². The highest BCUT2D eigenvalue weighted by molar-refractivity contribution is 6.04. The lowest BCUT2D eigenvalue weighted by atomic mass is 9.46. The number of aliphatic hydroxyl groups is 1. The van der Waals surface area contributed by atoms with Crippen molar-refractivity contribution in [1.29, 1.82) is 0 Å². The van der Waals surface area contributed by atoms with Crippen LogP contribution < -0.4 is 4.74 Å². The third-order valence-corrected chi connectivity index (χ3v) is 9.91. The van der Waals surface area contributed by atoms with Crippen LogP contribution in [0.3, 0.4) is 0 Å². The fraction of sp³-hybridized carbons (Fsp3) is 0.567. The van der Waals surface area contributed by atoms with Crippen molar-refractivity contribution >= 4 is 17.7 Å². The first-order chi connectivity index (χ1) is 17.9. The molecule has 0 aliphatic heterocycles. The van der Waals surface area contributed by atoms with Gasteiger partial charge in [-0.1, -0.05) is 52.0 Å². The summed E-state index contributed by atoms with van der Waals surface area (Å²) in [6, 6.07) is 8.50. The maximum atomic E-state index is 15.7. The number of hydrogen-bond acceptors (Lipinski definition) is 6. The molecule has 1 N–H and O–H groups in total. The Balaban J connectivity index is 1.60. The molecule has 0 amide bonds. The topological polar surface area (TPSA) is 89.9 Å². The van der Waals surface area contributed by atoms with Gasteiger partial charge in [-0.3, -0.25) is 9.59 Å². The van der Waals surface area contributed by atoms with E-state index < -0.39 is 70.0 Å². The van der Waals surface area contributed by atoms with Gasteiger partial charge in [-0.15, -0.1) is 0 Å². The number of para-hydroxylation sites is 1. The van der Waals surface area contributed by atoms with Gasteiger partial charge in [0.15, 0.2) is 5.83 Å². The van der Waals surface area contributed by atoms with Crippen LogP contribution in [-0.4, -0.2) is 40.7 Å². The fourth-order valence-electron chi connectivity index (χ4n) is 8.37. The number of aliphatic hydroxyl groups excluding tert-OH is 1. The number of carbonyl (C=O) groups excluding carboxylic acids is 3. The van der Waals surface area contributed by atoms with E-state index in [9.17, 15) is 23.9 Å². The fourth-order valence-corrected chi connectivity index (χ4v) is 8.37. The number of ether oxygens (including phenoxy) is 2. The highest BCUT2D eigenvalue weighted by Crippen LogP contribution is 2.69. The minimum Gasteiger partial charge on any atom is -0.446 e. The predicted octanol–water partition coefficient (Wildman–Crippen LogP) is 5.05. The van der Waals surface area contributed by atoms with E-state index in [1.54, 1.807) is 44.2 Å². The smallest absolute Gasteiger partial charge is 0.356 e. The van der Waals surface area contributed by atoms with Crippen molar-refractivity contribution in [2.75, 3.05) is 0 Å². The van der Waals surface area contributed by atoms with E-state index in [1.807, 2.05) is 13.8 Å². The summed E-state index contributed by atoms with van der Waals surface area (Å²) >= 11 is 0. The van der Waals surface area contributed by atoms with E-state index in [0.29, 0.717) is 12.2 Å². The van der Waals surface area contributed by atoms with E-state index in [1.165, 1.54) is 6.08 Å². The molecule has 0 aromatic heterocycles. The van der Waals surface area contributed by atoms with Gasteiger partial charge < -0.3 is 14.6 Å². The highest BCUT2D eigenvalue weighted by Gasteiger charge is 2.74. The Morgan fingerprint density at radius 2 is 1.84 bits per heavy atom. The Morgan fingerprint density at radius 3 is 2.50 bits per heavy atom. The van der Waals surface area contributed by atoms with Gasteiger partial charge in [0.2, 0.25) is 11.4 Å². The zero-order valence-corrected chi connectivity index (χ0v) is 22.1. The molecule has 8 heteroatoms. The summed E-state index contributed by atoms with van der Waals surface area (Å²) in [5.74, 6) is -4.78. The number of hydrogen-bond donors (Lipinski definition) is 1. The number of halogens is 2. The van der Waals surface area contributed by atoms with E-state index in [4.69, 9.17) is 9.47 Å². The van der Waals surface area contributed by atoms with Gasteiger partial charge in [0, 0.05) is 34.7 Å². The minimum absolute atomic E-state index is 0.0410. The van der Waals surface area contributed by atoms with Crippen LogP contribution in [-0.2, 0) is 19.1 Å². The van der Waals surface area contributed by atoms with Crippen molar-refractivity contribution in [2.24, 2.45) is 34.5 Å². The quantitative estimate of drug-likeness (QED) is 0.434. The zero-order chi connectivity index (χ0) is 27.6. The first kappa shape index (κ1) is 26.7. The first-order valence-corrected chi connectivity index (χ1v) is 13.4. The summed E-state index contributed by atoms with van der Waals surface area (Å²) in [5, 5.41) is 11.7. The number of fused-ring (bicyclic) bond motifs is 5. The van der Waals surface area contributed by atoms with E-state index >= 15 is 4.39 Å². The average molecular weight is 529 g/mol. The standard InChI is InChI=1S/C30H34F2O6/c1-5-23(35)38-30(27(36)37-17-9-7-6-8-10-17)16(2)13-19-18-14-20(31)25-26(32)21(33)11-12-28(25,3)24(18)22(34)15-29(19,30)4/h6-12,16,18-20,22,24,34H,5,13-15H2,1-4H3/t16-,18-,19-,20-,22-,24+,28+,29-,30-/m0/s1. The molecule has 0 saturated heterocycles. The second kappa shape index (κ2) is 9.11. The lowest BCUT2D eigenvalue weighted by Crippen LogP contribution is -2.65. The molecule has 0 bridgehead atoms. The molecule has 5 rings (SSSR count). The van der Waals surface area contributed by atoms with Crippen molar-refractivity contribution in [2.45, 2.75) is 71.3 Å². The van der Waals surface area contributed by atoms with E-state index in [0.717, 1.165) is 6.08 Å². The predicted molar refractivity (Wildman–Crippen MR) is 134 cm³/mol. The number of carbonyl (C=O) groups is 3. The van der Waals surface area contributed by atoms with Crippen LogP contribution in [0.2, 0.25) is 0 Å². The van der Waals surface area contributed by atoms with Crippen LogP contribution in [0.15, 0.2) is 53.9 Å². The number of esters is 2. The number of alkyl halides is 1. The molecule has 4 aliphatic rings.